The molecule has 0 unspecified atom stereocenters. The zero-order valence-corrected chi connectivity index (χ0v) is 12.8. The Labute approximate surface area is 126 Å². The van der Waals surface area contributed by atoms with Crippen LogP contribution in [0.1, 0.15) is 39.0 Å². The smallest absolute Gasteiger partial charge is 0.313 e. The molecule has 116 valence electrons. The Morgan fingerprint density at radius 3 is 2.57 bits per heavy atom. The van der Waals surface area contributed by atoms with Crippen molar-refractivity contribution in [3.8, 4) is 5.75 Å². The fourth-order valence-electron chi connectivity index (χ4n) is 1.90. The summed E-state index contributed by atoms with van der Waals surface area (Å²) >= 11 is 0. The number of unbranched alkanes of at least 4 members (excludes halogenated alkanes) is 4. The highest BCUT2D eigenvalue weighted by molar-refractivity contribution is 6.39. The quantitative estimate of drug-likeness (QED) is 0.572. The van der Waals surface area contributed by atoms with Crippen LogP contribution < -0.4 is 15.4 Å². The van der Waals surface area contributed by atoms with Gasteiger partial charge < -0.3 is 15.4 Å². The van der Waals surface area contributed by atoms with Crippen LogP contribution in [0.3, 0.4) is 0 Å². The van der Waals surface area contributed by atoms with Crippen LogP contribution in [-0.4, -0.2) is 25.5 Å². The van der Waals surface area contributed by atoms with E-state index in [1.54, 1.807) is 31.4 Å². The second-order valence-electron chi connectivity index (χ2n) is 4.86. The van der Waals surface area contributed by atoms with Crippen LogP contribution in [0.25, 0.3) is 0 Å². The van der Waals surface area contributed by atoms with Crippen LogP contribution >= 0.6 is 0 Å². The van der Waals surface area contributed by atoms with E-state index < -0.39 is 11.8 Å². The molecule has 0 spiro atoms. The van der Waals surface area contributed by atoms with Gasteiger partial charge >= 0.3 is 11.8 Å². The van der Waals surface area contributed by atoms with Crippen LogP contribution in [0.15, 0.2) is 24.3 Å². The summed E-state index contributed by atoms with van der Waals surface area (Å²) in [6.07, 6.45) is 5.55. The van der Waals surface area contributed by atoms with E-state index in [1.807, 2.05) is 0 Å². The second kappa shape index (κ2) is 9.80. The number of rotatable bonds is 8. The Kier molecular flexibility index (Phi) is 7.94. The monoisotopic (exact) mass is 292 g/mol. The number of amides is 2. The molecule has 0 bridgehead atoms. The number of carbonyl (C=O) groups is 2. The largest absolute Gasteiger partial charge is 0.497 e. The van der Waals surface area contributed by atoms with Crippen molar-refractivity contribution < 1.29 is 14.3 Å². The van der Waals surface area contributed by atoms with Gasteiger partial charge in [-0.1, -0.05) is 38.7 Å². The fourth-order valence-corrected chi connectivity index (χ4v) is 1.90. The van der Waals surface area contributed by atoms with Crippen molar-refractivity contribution in [1.82, 2.24) is 5.32 Å². The molecule has 0 saturated carbocycles. The molecule has 0 aliphatic rings. The summed E-state index contributed by atoms with van der Waals surface area (Å²) in [5, 5.41) is 5.17. The highest BCUT2D eigenvalue weighted by Gasteiger charge is 2.12. The Balaban J connectivity index is 2.29. The van der Waals surface area contributed by atoms with Gasteiger partial charge in [0.25, 0.3) is 0 Å². The normalized spacial score (nSPS) is 10.0. The molecule has 0 aliphatic heterocycles. The Hall–Kier alpha value is -2.04. The minimum absolute atomic E-state index is 0.536. The third-order valence-electron chi connectivity index (χ3n) is 3.10. The van der Waals surface area contributed by atoms with Gasteiger partial charge in [-0.15, -0.1) is 0 Å². The summed E-state index contributed by atoms with van der Waals surface area (Å²) in [6, 6.07) is 6.89. The van der Waals surface area contributed by atoms with Gasteiger partial charge in [-0.3, -0.25) is 9.59 Å². The maximum atomic E-state index is 11.7. The van der Waals surface area contributed by atoms with E-state index in [1.165, 1.54) is 19.3 Å². The van der Waals surface area contributed by atoms with E-state index in [9.17, 15) is 9.59 Å². The lowest BCUT2D eigenvalue weighted by Gasteiger charge is -2.07. The molecule has 0 heterocycles. The zero-order valence-electron chi connectivity index (χ0n) is 12.8. The van der Waals surface area contributed by atoms with Crippen molar-refractivity contribution in [1.29, 1.82) is 0 Å². The average molecular weight is 292 g/mol. The Morgan fingerprint density at radius 2 is 1.86 bits per heavy atom. The first-order valence-electron chi connectivity index (χ1n) is 7.40. The number of methoxy groups -OCH3 is 1. The molecule has 5 heteroatoms. The maximum absolute atomic E-state index is 11.7. The topological polar surface area (TPSA) is 67.4 Å². The summed E-state index contributed by atoms with van der Waals surface area (Å²) in [5.41, 5.74) is 0.539. The molecule has 2 amide bonds. The first kappa shape index (κ1) is 17.0. The van der Waals surface area contributed by atoms with E-state index in [-0.39, 0.29) is 0 Å². The molecule has 1 rings (SSSR count). The first-order valence-corrected chi connectivity index (χ1v) is 7.40. The summed E-state index contributed by atoms with van der Waals surface area (Å²) < 4.78 is 5.06. The van der Waals surface area contributed by atoms with Crippen molar-refractivity contribution in [2.24, 2.45) is 0 Å². The molecule has 1 aromatic carbocycles. The molecule has 0 saturated heterocycles. The van der Waals surface area contributed by atoms with Gasteiger partial charge in [-0.05, 0) is 18.6 Å². The first-order chi connectivity index (χ1) is 10.2. The molecular formula is C16H24N2O3. The summed E-state index contributed by atoms with van der Waals surface area (Å²) in [7, 11) is 1.55. The number of benzene rings is 1. The minimum Gasteiger partial charge on any atom is -0.497 e. The van der Waals surface area contributed by atoms with Crippen molar-refractivity contribution in [3.05, 3.63) is 24.3 Å². The Bertz CT molecular complexity index is 461. The zero-order chi connectivity index (χ0) is 15.5. The van der Waals surface area contributed by atoms with Crippen LogP contribution in [0.4, 0.5) is 5.69 Å². The number of nitrogens with one attached hydrogen (secondary N) is 2. The fraction of sp³-hybridized carbons (Fsp3) is 0.500. The van der Waals surface area contributed by atoms with E-state index in [4.69, 9.17) is 4.74 Å². The average Bonchev–Trinajstić information content (AvgIpc) is 2.50. The molecular weight excluding hydrogens is 268 g/mol. The highest BCUT2D eigenvalue weighted by Crippen LogP contribution is 2.16. The third-order valence-corrected chi connectivity index (χ3v) is 3.10. The molecule has 0 radical (unpaired) electrons. The lowest BCUT2D eigenvalue weighted by molar-refractivity contribution is -0.136. The van der Waals surface area contributed by atoms with Gasteiger partial charge in [0.2, 0.25) is 0 Å². The summed E-state index contributed by atoms with van der Waals surface area (Å²) in [6.45, 7) is 2.69. The van der Waals surface area contributed by atoms with Gasteiger partial charge in [-0.25, -0.2) is 0 Å². The number of hydrogen-bond donors (Lipinski definition) is 2. The van der Waals surface area contributed by atoms with Gasteiger partial charge in [0.15, 0.2) is 0 Å². The predicted molar refractivity (Wildman–Crippen MR) is 83.4 cm³/mol. The third kappa shape index (κ3) is 6.79. The van der Waals surface area contributed by atoms with Crippen LogP contribution in [-0.2, 0) is 9.59 Å². The van der Waals surface area contributed by atoms with Gasteiger partial charge in [0.05, 0.1) is 7.11 Å². The van der Waals surface area contributed by atoms with Gasteiger partial charge in [-0.2, -0.15) is 0 Å². The van der Waals surface area contributed by atoms with E-state index in [0.717, 1.165) is 12.8 Å². The highest BCUT2D eigenvalue weighted by atomic mass is 16.5. The van der Waals surface area contributed by atoms with E-state index in [0.29, 0.717) is 18.0 Å². The molecule has 0 fully saturated rings. The molecule has 0 aliphatic carbocycles. The molecule has 0 atom stereocenters. The standard InChI is InChI=1S/C16H24N2O3/c1-3-4-5-6-7-11-17-15(19)16(20)18-13-9-8-10-14(12-13)21-2/h8-10,12H,3-7,11H2,1-2H3,(H,17,19)(H,18,20). The molecule has 0 aromatic heterocycles. The van der Waals surface area contributed by atoms with E-state index >= 15 is 0 Å². The lowest BCUT2D eigenvalue weighted by atomic mass is 10.1. The summed E-state index contributed by atoms with van der Waals surface area (Å²) in [5.74, 6) is -0.630. The number of hydrogen-bond acceptors (Lipinski definition) is 3. The van der Waals surface area contributed by atoms with Crippen LogP contribution in [0, 0.1) is 0 Å². The van der Waals surface area contributed by atoms with Crippen LogP contribution in [0.5, 0.6) is 5.75 Å². The van der Waals surface area contributed by atoms with Crippen molar-refractivity contribution in [2.75, 3.05) is 19.0 Å². The van der Waals surface area contributed by atoms with Gasteiger partial charge in [0, 0.05) is 18.3 Å². The van der Waals surface area contributed by atoms with Crippen molar-refractivity contribution >= 4 is 17.5 Å². The number of carbonyl (C=O) groups excluding carboxylic acids is 2. The lowest BCUT2D eigenvalue weighted by Crippen LogP contribution is -2.35. The van der Waals surface area contributed by atoms with Gasteiger partial charge in [0.1, 0.15) is 5.75 Å². The molecule has 21 heavy (non-hydrogen) atoms. The SMILES string of the molecule is CCCCCCCNC(=O)C(=O)Nc1cccc(OC)c1. The van der Waals surface area contributed by atoms with Crippen molar-refractivity contribution in [3.63, 3.8) is 0 Å². The maximum Gasteiger partial charge on any atom is 0.313 e. The number of anilines is 1. The number of ether oxygens (including phenoxy) is 1. The molecule has 1 aromatic rings. The Morgan fingerprint density at radius 1 is 1.10 bits per heavy atom. The molecule has 5 nitrogen and oxygen atoms in total. The molecule has 2 N–H and O–H groups in total. The summed E-state index contributed by atoms with van der Waals surface area (Å²) in [4.78, 5) is 23.4. The van der Waals surface area contributed by atoms with E-state index in [2.05, 4.69) is 17.6 Å². The predicted octanol–water partition coefficient (Wildman–Crippen LogP) is 2.72. The van der Waals surface area contributed by atoms with Crippen molar-refractivity contribution in [2.45, 2.75) is 39.0 Å². The second-order valence-corrected chi connectivity index (χ2v) is 4.86. The minimum atomic E-state index is -0.656. The van der Waals surface area contributed by atoms with Crippen LogP contribution in [0.2, 0.25) is 0 Å².